The number of hydrogen-bond donors (Lipinski definition) is 3. The van der Waals surface area contributed by atoms with Crippen LogP contribution in [0.3, 0.4) is 0 Å². The first-order valence-corrected chi connectivity index (χ1v) is 15.2. The van der Waals surface area contributed by atoms with E-state index in [1.807, 2.05) is 0 Å². The average Bonchev–Trinajstić information content (AvgIpc) is 3.44. The summed E-state index contributed by atoms with van der Waals surface area (Å²) in [5.41, 5.74) is -0.965. The molecule has 252 valence electrons. The molecule has 0 bridgehead atoms. The van der Waals surface area contributed by atoms with Gasteiger partial charge in [0.2, 0.25) is 5.91 Å². The molecule has 0 atom stereocenters. The average molecular weight is 670 g/mol. The minimum absolute atomic E-state index is 0.0667. The Kier molecular flexibility index (Phi) is 8.63. The van der Waals surface area contributed by atoms with Crippen LogP contribution in [0, 0.1) is 5.82 Å². The van der Waals surface area contributed by atoms with E-state index in [2.05, 4.69) is 30.5 Å². The van der Waals surface area contributed by atoms with E-state index >= 15 is 0 Å². The highest BCUT2D eigenvalue weighted by molar-refractivity contribution is 6.06. The third-order valence-electron chi connectivity index (χ3n) is 8.35. The predicted molar refractivity (Wildman–Crippen MR) is 163 cm³/mol. The van der Waals surface area contributed by atoms with Crippen molar-refractivity contribution in [3.05, 3.63) is 76.8 Å². The van der Waals surface area contributed by atoms with E-state index in [0.29, 0.717) is 60.1 Å². The van der Waals surface area contributed by atoms with Crippen LogP contribution in [-0.2, 0) is 23.1 Å². The molecule has 2 aliphatic heterocycles. The number of benzene rings is 1. The third-order valence-corrected chi connectivity index (χ3v) is 8.35. The molecular formula is C32H31F4N7O5. The van der Waals surface area contributed by atoms with E-state index in [9.17, 15) is 37.1 Å². The molecule has 12 nitrogen and oxygen atoms in total. The number of anilines is 2. The minimum Gasteiger partial charge on any atom is -0.440 e. The van der Waals surface area contributed by atoms with Crippen LogP contribution in [0.5, 0.6) is 0 Å². The smallest absolute Gasteiger partial charge is 0.433 e. The van der Waals surface area contributed by atoms with Gasteiger partial charge in [-0.1, -0.05) is 0 Å². The maximum atomic E-state index is 14.7. The van der Waals surface area contributed by atoms with Gasteiger partial charge in [-0.15, -0.1) is 0 Å². The van der Waals surface area contributed by atoms with Gasteiger partial charge in [0.05, 0.1) is 23.0 Å². The van der Waals surface area contributed by atoms with Crippen molar-refractivity contribution >= 4 is 40.5 Å². The lowest BCUT2D eigenvalue weighted by Crippen LogP contribution is -2.50. The molecule has 5 heterocycles. The van der Waals surface area contributed by atoms with Gasteiger partial charge in [-0.2, -0.15) is 13.2 Å². The molecule has 6 rings (SSSR count). The number of halogens is 4. The Morgan fingerprint density at radius 2 is 1.83 bits per heavy atom. The van der Waals surface area contributed by atoms with Crippen molar-refractivity contribution in [3.63, 3.8) is 0 Å². The second-order valence-electron chi connectivity index (χ2n) is 12.3. The Balaban J connectivity index is 1.15. The fraction of sp³-hybridized carbons (Fsp3) is 0.375. The number of fused-ring (bicyclic) bond motifs is 1. The molecule has 16 heteroatoms. The quantitative estimate of drug-likeness (QED) is 0.229. The summed E-state index contributed by atoms with van der Waals surface area (Å²) in [6.45, 7) is 4.67. The van der Waals surface area contributed by atoms with Crippen LogP contribution in [-0.4, -0.2) is 62.4 Å². The molecule has 2 fully saturated rings. The number of piperidine rings is 1. The molecular weight excluding hydrogens is 638 g/mol. The first-order chi connectivity index (χ1) is 22.7. The van der Waals surface area contributed by atoms with Crippen LogP contribution >= 0.6 is 0 Å². The molecule has 0 saturated carbocycles. The Labute approximate surface area is 271 Å². The summed E-state index contributed by atoms with van der Waals surface area (Å²) in [5, 5.41) is 15.7. The lowest BCUT2D eigenvalue weighted by atomic mass is 9.95. The SMILES string of the molecule is CC(C)(O)c1cc2nc(C3CCN(Cc4cc(N5CCC(=O)NC5=O)ncc4F)CC3)oc2cc1NC(=O)c1ccc(C(F)(F)F)nc1. The van der Waals surface area contributed by atoms with Crippen LogP contribution in [0.25, 0.3) is 11.1 Å². The molecule has 0 spiro atoms. The van der Waals surface area contributed by atoms with Gasteiger partial charge in [0, 0.05) is 48.8 Å². The monoisotopic (exact) mass is 669 g/mol. The number of alkyl halides is 3. The molecule has 4 aromatic rings. The van der Waals surface area contributed by atoms with Crippen LogP contribution < -0.4 is 15.5 Å². The Morgan fingerprint density at radius 3 is 2.48 bits per heavy atom. The molecule has 2 saturated heterocycles. The number of urea groups is 1. The van der Waals surface area contributed by atoms with Crippen molar-refractivity contribution in [1.82, 2.24) is 25.2 Å². The van der Waals surface area contributed by atoms with Gasteiger partial charge in [-0.25, -0.2) is 19.2 Å². The van der Waals surface area contributed by atoms with E-state index in [1.54, 1.807) is 6.07 Å². The van der Waals surface area contributed by atoms with Gasteiger partial charge < -0.3 is 14.8 Å². The summed E-state index contributed by atoms with van der Waals surface area (Å²) in [4.78, 5) is 52.0. The van der Waals surface area contributed by atoms with E-state index in [0.717, 1.165) is 18.5 Å². The van der Waals surface area contributed by atoms with Crippen molar-refractivity contribution in [2.24, 2.45) is 0 Å². The number of rotatable bonds is 7. The first-order valence-electron chi connectivity index (χ1n) is 15.2. The molecule has 0 unspecified atom stereocenters. The number of carbonyl (C=O) groups is 3. The highest BCUT2D eigenvalue weighted by Gasteiger charge is 2.33. The zero-order chi connectivity index (χ0) is 34.4. The predicted octanol–water partition coefficient (Wildman–Crippen LogP) is 5.08. The summed E-state index contributed by atoms with van der Waals surface area (Å²) in [6.07, 6.45) is -1.33. The van der Waals surface area contributed by atoms with Gasteiger partial charge in [0.25, 0.3) is 5.91 Å². The summed E-state index contributed by atoms with van der Waals surface area (Å²) >= 11 is 0. The number of amides is 4. The van der Waals surface area contributed by atoms with Gasteiger partial charge in [0.1, 0.15) is 22.8 Å². The number of aliphatic hydroxyl groups is 1. The van der Waals surface area contributed by atoms with Gasteiger partial charge in [-0.05, 0) is 64.0 Å². The van der Waals surface area contributed by atoms with Crippen molar-refractivity contribution in [1.29, 1.82) is 0 Å². The van der Waals surface area contributed by atoms with Gasteiger partial charge in [0.15, 0.2) is 11.5 Å². The van der Waals surface area contributed by atoms with E-state index in [1.165, 1.54) is 30.9 Å². The van der Waals surface area contributed by atoms with Crippen LogP contribution in [0.2, 0.25) is 0 Å². The van der Waals surface area contributed by atoms with Crippen molar-refractivity contribution < 1.29 is 41.5 Å². The Hall–Kier alpha value is -4.96. The molecule has 2 aliphatic rings. The van der Waals surface area contributed by atoms with Crippen LogP contribution in [0.1, 0.15) is 72.1 Å². The Morgan fingerprint density at radius 1 is 1.08 bits per heavy atom. The molecule has 3 N–H and O–H groups in total. The first kappa shape index (κ1) is 33.0. The standard InChI is InChI=1S/C32H31F4N7O5/c1-31(2,47)20-12-23-24(13-22(20)39-28(45)18-3-4-25(37-14-18)32(34,35)36)48-29(40-23)17-5-8-42(9-6-17)16-19-11-26(38-15-21(19)33)43-10-7-27(44)41-30(43)46/h3-4,11-15,17,47H,5-10,16H2,1-2H3,(H,39,45)(H,41,44,46). The van der Waals surface area contributed by atoms with E-state index < -0.39 is 35.2 Å². The second-order valence-corrected chi connectivity index (χ2v) is 12.3. The van der Waals surface area contributed by atoms with Gasteiger partial charge >= 0.3 is 12.2 Å². The maximum Gasteiger partial charge on any atom is 0.433 e. The Bertz CT molecular complexity index is 1880. The highest BCUT2D eigenvalue weighted by atomic mass is 19.4. The molecule has 48 heavy (non-hydrogen) atoms. The molecule has 4 amide bonds. The molecule has 0 radical (unpaired) electrons. The lowest BCUT2D eigenvalue weighted by Gasteiger charge is -2.31. The molecule has 1 aromatic carbocycles. The number of nitrogens with one attached hydrogen (secondary N) is 2. The number of pyridine rings is 2. The largest absolute Gasteiger partial charge is 0.440 e. The fourth-order valence-corrected chi connectivity index (χ4v) is 5.76. The van der Waals surface area contributed by atoms with Crippen LogP contribution in [0.15, 0.2) is 47.1 Å². The fourth-order valence-electron chi connectivity index (χ4n) is 5.76. The minimum atomic E-state index is -4.64. The topological polar surface area (TPSA) is 154 Å². The number of aromatic nitrogens is 3. The van der Waals surface area contributed by atoms with Crippen LogP contribution in [0.4, 0.5) is 33.9 Å². The number of carbonyl (C=O) groups excluding carboxylic acids is 3. The van der Waals surface area contributed by atoms with Crippen molar-refractivity contribution in [3.8, 4) is 0 Å². The third kappa shape index (κ3) is 6.99. The number of nitrogens with zero attached hydrogens (tertiary/aromatic N) is 5. The normalized spacial score (nSPS) is 16.8. The zero-order valence-corrected chi connectivity index (χ0v) is 25.9. The molecule has 3 aromatic heterocycles. The summed E-state index contributed by atoms with van der Waals surface area (Å²) in [5.74, 6) is -0.948. The maximum absolute atomic E-state index is 14.7. The highest BCUT2D eigenvalue weighted by Crippen LogP contribution is 2.36. The lowest BCUT2D eigenvalue weighted by molar-refractivity contribution is -0.141. The zero-order valence-electron chi connectivity index (χ0n) is 25.9. The van der Waals surface area contributed by atoms with E-state index in [4.69, 9.17) is 4.42 Å². The summed E-state index contributed by atoms with van der Waals surface area (Å²) < 4.78 is 59.5. The number of hydrogen-bond acceptors (Lipinski definition) is 9. The molecule has 0 aliphatic carbocycles. The summed E-state index contributed by atoms with van der Waals surface area (Å²) in [7, 11) is 0. The number of likely N-dealkylation sites (tertiary alicyclic amines) is 1. The van der Waals surface area contributed by atoms with Crippen molar-refractivity contribution in [2.75, 3.05) is 29.9 Å². The summed E-state index contributed by atoms with van der Waals surface area (Å²) in [6, 6.07) is 5.77. The number of oxazole rings is 1. The number of imide groups is 1. The van der Waals surface area contributed by atoms with Gasteiger partial charge in [-0.3, -0.25) is 29.7 Å². The van der Waals surface area contributed by atoms with E-state index in [-0.39, 0.29) is 48.4 Å². The van der Waals surface area contributed by atoms with Crippen molar-refractivity contribution in [2.45, 2.75) is 57.3 Å². The second kappa shape index (κ2) is 12.6.